The Morgan fingerprint density at radius 2 is 2.27 bits per heavy atom. The first-order valence-corrected chi connectivity index (χ1v) is 3.48. The molecule has 0 aliphatic carbocycles. The smallest absolute Gasteiger partial charge is 0.246 e. The Morgan fingerprint density at radius 1 is 1.73 bits per heavy atom. The average molecular weight is 155 g/mol. The zero-order valence-corrected chi connectivity index (χ0v) is 6.89. The van der Waals surface area contributed by atoms with Gasteiger partial charge >= 0.3 is 0 Å². The molecule has 11 heavy (non-hydrogen) atoms. The molecule has 0 bridgehead atoms. The minimum absolute atomic E-state index is 0.100. The van der Waals surface area contributed by atoms with Gasteiger partial charge in [0.25, 0.3) is 0 Å². The van der Waals surface area contributed by atoms with Gasteiger partial charge in [0.05, 0.1) is 0 Å². The zero-order valence-electron chi connectivity index (χ0n) is 6.89. The van der Waals surface area contributed by atoms with Crippen molar-refractivity contribution in [1.29, 1.82) is 0 Å². The van der Waals surface area contributed by atoms with Crippen LogP contribution in [0.3, 0.4) is 0 Å². The number of aldehydes is 1. The molecular weight excluding hydrogens is 142 g/mol. The van der Waals surface area contributed by atoms with E-state index in [1.807, 2.05) is 0 Å². The summed E-state index contributed by atoms with van der Waals surface area (Å²) in [6.07, 6.45) is 1.13. The van der Waals surface area contributed by atoms with Gasteiger partial charge in [-0.3, -0.25) is 4.79 Å². The molecule has 0 aliphatic rings. The first-order chi connectivity index (χ1) is 5.07. The standard InChI is InChI=1S/C8H13NO2/c1-6(2)8(11)9-7(3)4-5-10/h5,7H,1,4H2,2-3H3,(H,9,11). The van der Waals surface area contributed by atoms with Crippen LogP contribution in [0.25, 0.3) is 0 Å². The van der Waals surface area contributed by atoms with Crippen molar-refractivity contribution in [1.82, 2.24) is 5.32 Å². The fourth-order valence-corrected chi connectivity index (χ4v) is 0.550. The number of carbonyl (C=O) groups excluding carboxylic acids is 2. The molecule has 0 saturated heterocycles. The molecular formula is C8H13NO2. The van der Waals surface area contributed by atoms with Crippen LogP contribution in [0.5, 0.6) is 0 Å². The number of carbonyl (C=O) groups is 2. The molecule has 1 unspecified atom stereocenters. The van der Waals surface area contributed by atoms with E-state index in [4.69, 9.17) is 0 Å². The Kier molecular flexibility index (Phi) is 4.18. The van der Waals surface area contributed by atoms with Gasteiger partial charge in [-0.25, -0.2) is 0 Å². The minimum Gasteiger partial charge on any atom is -0.349 e. The third-order valence-corrected chi connectivity index (χ3v) is 1.21. The molecule has 0 aromatic rings. The van der Waals surface area contributed by atoms with Crippen LogP contribution in [0.1, 0.15) is 20.3 Å². The number of rotatable bonds is 4. The van der Waals surface area contributed by atoms with Crippen molar-refractivity contribution in [3.05, 3.63) is 12.2 Å². The maximum atomic E-state index is 10.9. The van der Waals surface area contributed by atoms with Gasteiger partial charge in [0.15, 0.2) is 0 Å². The molecule has 0 radical (unpaired) electrons. The van der Waals surface area contributed by atoms with Crippen LogP contribution in [0.15, 0.2) is 12.2 Å². The molecule has 0 fully saturated rings. The summed E-state index contributed by atoms with van der Waals surface area (Å²) in [7, 11) is 0. The Balaban J connectivity index is 3.74. The summed E-state index contributed by atoms with van der Waals surface area (Å²) in [6.45, 7) is 6.87. The predicted octanol–water partition coefficient (Wildman–Crippen LogP) is 0.656. The molecule has 62 valence electrons. The topological polar surface area (TPSA) is 46.2 Å². The van der Waals surface area contributed by atoms with Crippen LogP contribution in [-0.4, -0.2) is 18.2 Å². The van der Waals surface area contributed by atoms with Crippen molar-refractivity contribution >= 4 is 12.2 Å². The highest BCUT2D eigenvalue weighted by atomic mass is 16.1. The predicted molar refractivity (Wildman–Crippen MR) is 43.1 cm³/mol. The lowest BCUT2D eigenvalue weighted by atomic mass is 10.2. The highest BCUT2D eigenvalue weighted by Crippen LogP contribution is 1.91. The van der Waals surface area contributed by atoms with E-state index in [0.717, 1.165) is 6.29 Å². The normalized spacial score (nSPS) is 11.8. The zero-order chi connectivity index (χ0) is 8.85. The van der Waals surface area contributed by atoms with Crippen molar-refractivity contribution in [2.75, 3.05) is 0 Å². The molecule has 0 rings (SSSR count). The summed E-state index contributed by atoms with van der Waals surface area (Å²) in [5.41, 5.74) is 0.461. The molecule has 0 aromatic heterocycles. The molecule has 1 amide bonds. The highest BCUT2D eigenvalue weighted by Gasteiger charge is 2.05. The van der Waals surface area contributed by atoms with Gasteiger partial charge in [-0.05, 0) is 13.8 Å². The summed E-state index contributed by atoms with van der Waals surface area (Å²) < 4.78 is 0. The van der Waals surface area contributed by atoms with Gasteiger partial charge in [0, 0.05) is 18.0 Å². The molecule has 1 atom stereocenters. The van der Waals surface area contributed by atoms with E-state index in [0.29, 0.717) is 12.0 Å². The van der Waals surface area contributed by atoms with Crippen LogP contribution in [0.4, 0.5) is 0 Å². The second-order valence-electron chi connectivity index (χ2n) is 2.56. The monoisotopic (exact) mass is 155 g/mol. The quantitative estimate of drug-likeness (QED) is 0.478. The number of hydrogen-bond acceptors (Lipinski definition) is 2. The van der Waals surface area contributed by atoms with E-state index in [-0.39, 0.29) is 11.9 Å². The molecule has 0 spiro atoms. The molecule has 0 aliphatic heterocycles. The van der Waals surface area contributed by atoms with Crippen molar-refractivity contribution in [3.63, 3.8) is 0 Å². The summed E-state index contributed by atoms with van der Waals surface area (Å²) in [6, 6.07) is -0.100. The second kappa shape index (κ2) is 4.66. The maximum Gasteiger partial charge on any atom is 0.246 e. The lowest BCUT2D eigenvalue weighted by Gasteiger charge is -2.09. The fraction of sp³-hybridized carbons (Fsp3) is 0.500. The second-order valence-corrected chi connectivity index (χ2v) is 2.56. The largest absolute Gasteiger partial charge is 0.349 e. The summed E-state index contributed by atoms with van der Waals surface area (Å²) >= 11 is 0. The molecule has 0 aromatic carbocycles. The maximum absolute atomic E-state index is 10.9. The van der Waals surface area contributed by atoms with Gasteiger partial charge < -0.3 is 10.1 Å². The van der Waals surface area contributed by atoms with Gasteiger partial charge in [-0.2, -0.15) is 0 Å². The van der Waals surface area contributed by atoms with E-state index in [1.54, 1.807) is 13.8 Å². The lowest BCUT2D eigenvalue weighted by molar-refractivity contribution is -0.118. The number of hydrogen-bond donors (Lipinski definition) is 1. The Hall–Kier alpha value is -1.12. The molecule has 0 saturated carbocycles. The third kappa shape index (κ3) is 4.31. The fourth-order valence-electron chi connectivity index (χ4n) is 0.550. The van der Waals surface area contributed by atoms with E-state index in [9.17, 15) is 9.59 Å². The van der Waals surface area contributed by atoms with Crippen molar-refractivity contribution in [2.45, 2.75) is 26.3 Å². The average Bonchev–Trinajstić information content (AvgIpc) is 1.87. The lowest BCUT2D eigenvalue weighted by Crippen LogP contribution is -2.32. The Morgan fingerprint density at radius 3 is 2.64 bits per heavy atom. The van der Waals surface area contributed by atoms with Crippen molar-refractivity contribution in [3.8, 4) is 0 Å². The van der Waals surface area contributed by atoms with Crippen molar-refractivity contribution < 1.29 is 9.59 Å². The third-order valence-electron chi connectivity index (χ3n) is 1.21. The summed E-state index contributed by atoms with van der Waals surface area (Å²) in [5.74, 6) is -0.195. The highest BCUT2D eigenvalue weighted by molar-refractivity contribution is 5.92. The van der Waals surface area contributed by atoms with E-state index >= 15 is 0 Å². The van der Waals surface area contributed by atoms with Crippen LogP contribution < -0.4 is 5.32 Å². The van der Waals surface area contributed by atoms with Gasteiger partial charge in [0.1, 0.15) is 6.29 Å². The Labute approximate surface area is 66.5 Å². The summed E-state index contributed by atoms with van der Waals surface area (Å²) in [4.78, 5) is 20.9. The first kappa shape index (κ1) is 9.88. The van der Waals surface area contributed by atoms with E-state index in [2.05, 4.69) is 11.9 Å². The molecule has 3 heteroatoms. The van der Waals surface area contributed by atoms with E-state index < -0.39 is 0 Å². The number of nitrogens with one attached hydrogen (secondary N) is 1. The first-order valence-electron chi connectivity index (χ1n) is 3.48. The molecule has 1 N–H and O–H groups in total. The Bertz CT molecular complexity index is 175. The van der Waals surface area contributed by atoms with Gasteiger partial charge in [0.2, 0.25) is 5.91 Å². The minimum atomic E-state index is -0.195. The van der Waals surface area contributed by atoms with Gasteiger partial charge in [-0.1, -0.05) is 6.58 Å². The number of amides is 1. The van der Waals surface area contributed by atoms with Crippen LogP contribution in [0.2, 0.25) is 0 Å². The van der Waals surface area contributed by atoms with Crippen LogP contribution in [-0.2, 0) is 9.59 Å². The van der Waals surface area contributed by atoms with Gasteiger partial charge in [-0.15, -0.1) is 0 Å². The van der Waals surface area contributed by atoms with Crippen LogP contribution in [0, 0.1) is 0 Å². The molecule has 3 nitrogen and oxygen atoms in total. The summed E-state index contributed by atoms with van der Waals surface area (Å²) in [5, 5.41) is 2.61. The van der Waals surface area contributed by atoms with Crippen molar-refractivity contribution in [2.24, 2.45) is 0 Å². The SMILES string of the molecule is C=C(C)C(=O)NC(C)CC=O. The van der Waals surface area contributed by atoms with E-state index in [1.165, 1.54) is 0 Å². The molecule has 0 heterocycles. The van der Waals surface area contributed by atoms with Crippen LogP contribution >= 0.6 is 0 Å².